The second-order valence-electron chi connectivity index (χ2n) is 9.25. The van der Waals surface area contributed by atoms with Crippen molar-refractivity contribution in [2.45, 2.75) is 18.7 Å². The van der Waals surface area contributed by atoms with Crippen LogP contribution in [-0.2, 0) is 10.1 Å². The lowest BCUT2D eigenvalue weighted by Gasteiger charge is -2.15. The highest BCUT2D eigenvalue weighted by Gasteiger charge is 2.32. The van der Waals surface area contributed by atoms with Crippen LogP contribution < -0.4 is 21.2 Å². The maximum absolute atomic E-state index is 12.0. The van der Waals surface area contributed by atoms with Gasteiger partial charge in [0, 0.05) is 5.39 Å². The molecule has 0 fully saturated rings. The molecule has 0 heterocycles. The molecule has 6 rings (SSSR count). The fourth-order valence-corrected chi connectivity index (χ4v) is 6.94. The van der Waals surface area contributed by atoms with Crippen molar-refractivity contribution in [1.29, 1.82) is 0 Å². The molecule has 0 atom stereocenters. The van der Waals surface area contributed by atoms with Crippen molar-refractivity contribution in [2.75, 3.05) is 0 Å². The lowest BCUT2D eigenvalue weighted by Crippen LogP contribution is -3.67. The van der Waals surface area contributed by atoms with Crippen molar-refractivity contribution in [1.82, 2.24) is 0 Å². The van der Waals surface area contributed by atoms with Crippen molar-refractivity contribution in [3.05, 3.63) is 125 Å². The molecule has 0 N–H and O–H groups in total. The number of carbonyl (C=O) groups is 2. The Bertz CT molecular complexity index is 1870. The molecule has 6 aromatic rings. The summed E-state index contributed by atoms with van der Waals surface area (Å²) in [4.78, 5) is 23.9. The largest absolute Gasteiger partial charge is 0.744 e. The van der Waals surface area contributed by atoms with Crippen molar-refractivity contribution >= 4 is 50.0 Å². The van der Waals surface area contributed by atoms with Gasteiger partial charge in [0.2, 0.25) is 0 Å². The predicted octanol–water partition coefficient (Wildman–Crippen LogP) is 3.86. The molecule has 0 bridgehead atoms. The van der Waals surface area contributed by atoms with Crippen LogP contribution in [0.4, 0.5) is 0 Å². The molecule has 0 saturated carbocycles. The van der Waals surface area contributed by atoms with E-state index in [1.807, 2.05) is 74.5 Å². The standard InChI is InChI=1S/C16H14IO2.C16H10O3S/c1-11-3-7-13(8-4-11)15(18)17-16(19)14-9-5-12(2)6-10-14;17-20(18,19)14-9-7-12-5-4-10-2-1-3-11-6-8-13(14)16(12)15(10)11/h3-10H,1-2H3;1-9H,(H,17,18,19)/q+1;/p-1. The third-order valence-corrected chi connectivity index (χ3v) is 9.61. The van der Waals surface area contributed by atoms with Gasteiger partial charge in [-0.3, -0.25) is 0 Å². The molecule has 6 aromatic carbocycles. The van der Waals surface area contributed by atoms with E-state index in [2.05, 4.69) is 0 Å². The Hall–Kier alpha value is -3.66. The van der Waals surface area contributed by atoms with Gasteiger partial charge in [0.05, 0.1) is 16.0 Å². The number of halogens is 1. The van der Waals surface area contributed by atoms with Crippen LogP contribution in [0, 0.1) is 13.8 Å². The van der Waals surface area contributed by atoms with Gasteiger partial charge in [-0.25, -0.2) is 18.0 Å². The SMILES string of the molecule is Cc1ccc(C(=O)[I+]C(=O)c2ccc(C)cc2)cc1.O=S(=O)([O-])c1ccc2ccc3cccc4ccc1c2c34. The maximum atomic E-state index is 12.0. The maximum Gasteiger partial charge on any atom is 0.452 e. The van der Waals surface area contributed by atoms with Gasteiger partial charge in [0.15, 0.2) is 0 Å². The minimum absolute atomic E-state index is 0.0237. The predicted molar refractivity (Wildman–Crippen MR) is 149 cm³/mol. The van der Waals surface area contributed by atoms with E-state index in [0.29, 0.717) is 16.5 Å². The summed E-state index contributed by atoms with van der Waals surface area (Å²) in [5, 5.41) is 5.38. The monoisotopic (exact) mass is 646 g/mol. The van der Waals surface area contributed by atoms with Gasteiger partial charge in [-0.1, -0.05) is 83.9 Å². The first-order chi connectivity index (χ1) is 18.6. The number of hydrogen-bond acceptors (Lipinski definition) is 5. The number of carbonyl (C=O) groups excluding carboxylic acids is 2. The average molecular weight is 647 g/mol. The lowest BCUT2D eigenvalue weighted by molar-refractivity contribution is -0.450. The van der Waals surface area contributed by atoms with Crippen molar-refractivity contribution < 1.29 is 43.8 Å². The van der Waals surface area contributed by atoms with E-state index in [1.165, 1.54) is 6.07 Å². The minimum atomic E-state index is -4.48. The lowest BCUT2D eigenvalue weighted by atomic mass is 9.94. The van der Waals surface area contributed by atoms with Gasteiger partial charge in [0.25, 0.3) is 0 Å². The highest BCUT2D eigenvalue weighted by Crippen LogP contribution is 2.36. The quantitative estimate of drug-likeness (QED) is 0.123. The van der Waals surface area contributed by atoms with Gasteiger partial charge in [-0.2, -0.15) is 0 Å². The average Bonchev–Trinajstić information content (AvgIpc) is 2.92. The molecule has 0 aliphatic carbocycles. The van der Waals surface area contributed by atoms with Crippen molar-refractivity contribution in [3.63, 3.8) is 0 Å². The van der Waals surface area contributed by atoms with Crippen LogP contribution in [-0.4, -0.2) is 20.6 Å². The summed E-state index contributed by atoms with van der Waals surface area (Å²) >= 11 is -1.16. The Morgan fingerprint density at radius 2 is 1.03 bits per heavy atom. The third-order valence-electron chi connectivity index (χ3n) is 6.49. The second-order valence-corrected chi connectivity index (χ2v) is 13.1. The summed E-state index contributed by atoms with van der Waals surface area (Å²) in [7, 11) is -4.48. The zero-order valence-electron chi connectivity index (χ0n) is 21.1. The number of rotatable bonds is 5. The van der Waals surface area contributed by atoms with Gasteiger partial charge < -0.3 is 4.55 Å². The molecule has 0 amide bonds. The molecule has 0 unspecified atom stereocenters. The molecule has 0 aromatic heterocycles. The Balaban J connectivity index is 0.000000158. The molecule has 0 aliphatic rings. The topological polar surface area (TPSA) is 91.3 Å². The summed E-state index contributed by atoms with van der Waals surface area (Å²) in [6, 6.07) is 31.3. The molecule has 0 radical (unpaired) electrons. The van der Waals surface area contributed by atoms with E-state index in [-0.39, 0.29) is 12.5 Å². The van der Waals surface area contributed by atoms with Gasteiger partial charge >= 0.3 is 28.8 Å². The molecular formula is C32H23IO5S. The Morgan fingerprint density at radius 1 is 0.590 bits per heavy atom. The van der Waals surface area contributed by atoms with Crippen LogP contribution in [0.1, 0.15) is 31.8 Å². The number of hydrogen-bond donors (Lipinski definition) is 0. The Labute approximate surface area is 236 Å². The van der Waals surface area contributed by atoms with E-state index < -0.39 is 31.3 Å². The summed E-state index contributed by atoms with van der Waals surface area (Å²) < 4.78 is 34.2. The summed E-state index contributed by atoms with van der Waals surface area (Å²) in [5.74, 6) is 0. The fourth-order valence-electron chi connectivity index (χ4n) is 4.48. The molecule has 0 saturated heterocycles. The molecule has 5 nitrogen and oxygen atoms in total. The first-order valence-electron chi connectivity index (χ1n) is 12.1. The highest BCUT2D eigenvalue weighted by molar-refractivity contribution is 7.86. The summed E-state index contributed by atoms with van der Waals surface area (Å²) in [5.41, 5.74) is 3.50. The van der Waals surface area contributed by atoms with Gasteiger partial charge in [-0.15, -0.1) is 0 Å². The first-order valence-corrected chi connectivity index (χ1v) is 15.7. The van der Waals surface area contributed by atoms with Crippen molar-refractivity contribution in [2.24, 2.45) is 0 Å². The van der Waals surface area contributed by atoms with E-state index in [9.17, 15) is 22.6 Å². The number of aryl methyl sites for hydroxylation is 2. The number of benzene rings is 6. The second kappa shape index (κ2) is 10.8. The molecule has 7 heteroatoms. The van der Waals surface area contributed by atoms with Crippen LogP contribution in [0.5, 0.6) is 0 Å². The third kappa shape index (κ3) is 5.71. The molecule has 194 valence electrons. The van der Waals surface area contributed by atoms with Gasteiger partial charge in [0.1, 0.15) is 10.1 Å². The van der Waals surface area contributed by atoms with Crippen LogP contribution in [0.25, 0.3) is 32.3 Å². The molecular weight excluding hydrogens is 623 g/mol. The van der Waals surface area contributed by atoms with Gasteiger partial charge in [-0.05, 0) is 71.1 Å². The zero-order chi connectivity index (χ0) is 27.7. The Kier molecular flexibility index (Phi) is 7.48. The van der Waals surface area contributed by atoms with Crippen molar-refractivity contribution in [3.8, 4) is 0 Å². The Morgan fingerprint density at radius 3 is 1.51 bits per heavy atom. The van der Waals surface area contributed by atoms with E-state index in [4.69, 9.17) is 0 Å². The highest BCUT2D eigenvalue weighted by atomic mass is 127. The summed E-state index contributed by atoms with van der Waals surface area (Å²) in [6.07, 6.45) is 0. The first kappa shape index (κ1) is 26.9. The summed E-state index contributed by atoms with van der Waals surface area (Å²) in [6.45, 7) is 3.95. The molecule has 0 spiro atoms. The van der Waals surface area contributed by atoms with E-state index >= 15 is 0 Å². The minimum Gasteiger partial charge on any atom is -0.744 e. The zero-order valence-corrected chi connectivity index (χ0v) is 24.1. The molecule has 39 heavy (non-hydrogen) atoms. The normalized spacial score (nSPS) is 11.5. The van der Waals surface area contributed by atoms with E-state index in [1.54, 1.807) is 36.4 Å². The molecule has 0 aliphatic heterocycles. The smallest absolute Gasteiger partial charge is 0.452 e. The van der Waals surface area contributed by atoms with Crippen LogP contribution in [0.2, 0.25) is 0 Å². The van der Waals surface area contributed by atoms with Crippen LogP contribution >= 0.6 is 0 Å². The van der Waals surface area contributed by atoms with E-state index in [0.717, 1.165) is 38.1 Å². The fraction of sp³-hybridized carbons (Fsp3) is 0.0625. The van der Waals surface area contributed by atoms with Crippen LogP contribution in [0.15, 0.2) is 108 Å². The van der Waals surface area contributed by atoms with Crippen LogP contribution in [0.3, 0.4) is 0 Å².